The van der Waals surface area contributed by atoms with Gasteiger partial charge in [0, 0.05) is 31.7 Å². The van der Waals surface area contributed by atoms with E-state index < -0.39 is 10.0 Å². The van der Waals surface area contributed by atoms with Gasteiger partial charge in [-0.15, -0.1) is 0 Å². The van der Waals surface area contributed by atoms with E-state index in [2.05, 4.69) is 4.72 Å². The molecule has 1 amide bonds. The number of benzene rings is 2. The lowest BCUT2D eigenvalue weighted by molar-refractivity contribution is -0.135. The summed E-state index contributed by atoms with van der Waals surface area (Å²) in [5, 5.41) is 8.86. The lowest BCUT2D eigenvalue weighted by Crippen LogP contribution is -2.41. The Morgan fingerprint density at radius 3 is 2.56 bits per heavy atom. The van der Waals surface area contributed by atoms with E-state index in [0.29, 0.717) is 47.8 Å². The van der Waals surface area contributed by atoms with Gasteiger partial charge in [-0.1, -0.05) is 11.3 Å². The standard InChI is InChI=1S/C21H20N4O5S2/c22-14-15-1-3-16(4-2-15)23-32(28,29)17-5-6-18-19(13-17)31-21(27)25(18)8-7-20(26)24-9-11-30-12-10-24/h1-6,13,23H,7-12H2. The van der Waals surface area contributed by atoms with E-state index in [-0.39, 0.29) is 28.6 Å². The largest absolute Gasteiger partial charge is 0.378 e. The van der Waals surface area contributed by atoms with Gasteiger partial charge in [0.1, 0.15) is 0 Å². The van der Waals surface area contributed by atoms with E-state index in [1.54, 1.807) is 11.0 Å². The quantitative estimate of drug-likeness (QED) is 0.586. The van der Waals surface area contributed by atoms with Crippen molar-refractivity contribution in [3.63, 3.8) is 0 Å². The van der Waals surface area contributed by atoms with Crippen LogP contribution in [0.25, 0.3) is 10.2 Å². The highest BCUT2D eigenvalue weighted by Crippen LogP contribution is 2.24. The van der Waals surface area contributed by atoms with Gasteiger partial charge in [0.2, 0.25) is 5.91 Å². The number of morpholine rings is 1. The molecule has 0 bridgehead atoms. The molecule has 1 aliphatic heterocycles. The molecule has 0 radical (unpaired) electrons. The van der Waals surface area contributed by atoms with Crippen LogP contribution in [0.15, 0.2) is 52.2 Å². The normalized spacial score (nSPS) is 14.3. The van der Waals surface area contributed by atoms with E-state index in [9.17, 15) is 18.0 Å². The molecule has 1 N–H and O–H groups in total. The predicted molar refractivity (Wildman–Crippen MR) is 120 cm³/mol. The zero-order valence-electron chi connectivity index (χ0n) is 17.0. The number of nitrogens with zero attached hydrogens (tertiary/aromatic N) is 3. The van der Waals surface area contributed by atoms with Crippen molar-refractivity contribution in [1.82, 2.24) is 9.47 Å². The highest BCUT2D eigenvalue weighted by Gasteiger charge is 2.19. The Morgan fingerprint density at radius 1 is 1.16 bits per heavy atom. The molecule has 1 saturated heterocycles. The second-order valence-electron chi connectivity index (χ2n) is 7.19. The maximum absolute atomic E-state index is 12.8. The molecule has 0 unspecified atom stereocenters. The molecular formula is C21H20N4O5S2. The number of aryl methyl sites for hydroxylation is 1. The van der Waals surface area contributed by atoms with Gasteiger partial charge in [0.25, 0.3) is 10.0 Å². The SMILES string of the molecule is N#Cc1ccc(NS(=O)(=O)c2ccc3c(c2)sc(=O)n3CCC(=O)N2CCOCC2)cc1. The summed E-state index contributed by atoms with van der Waals surface area (Å²) in [5.41, 5.74) is 1.34. The Hall–Kier alpha value is -3.20. The number of nitrogens with one attached hydrogen (secondary N) is 1. The average molecular weight is 473 g/mol. The first-order valence-corrected chi connectivity index (χ1v) is 12.2. The summed E-state index contributed by atoms with van der Waals surface area (Å²) in [5.74, 6) is -0.0367. The minimum atomic E-state index is -3.88. The van der Waals surface area contributed by atoms with Gasteiger partial charge in [0.15, 0.2) is 0 Å². The summed E-state index contributed by atoms with van der Waals surface area (Å²) in [6, 6.07) is 12.5. The van der Waals surface area contributed by atoms with Crippen LogP contribution in [0.3, 0.4) is 0 Å². The summed E-state index contributed by atoms with van der Waals surface area (Å²) < 4.78 is 35.3. The van der Waals surface area contributed by atoms with Gasteiger partial charge in [0.05, 0.1) is 40.0 Å². The number of carbonyl (C=O) groups excluding carboxylic acids is 1. The van der Waals surface area contributed by atoms with Gasteiger partial charge in [-0.2, -0.15) is 5.26 Å². The van der Waals surface area contributed by atoms with Crippen LogP contribution in [0.1, 0.15) is 12.0 Å². The van der Waals surface area contributed by atoms with Crippen molar-refractivity contribution in [3.8, 4) is 6.07 Å². The Kier molecular flexibility index (Phi) is 6.27. The summed E-state index contributed by atoms with van der Waals surface area (Å²) in [6.45, 7) is 2.35. The number of thiazole rings is 1. The van der Waals surface area contributed by atoms with Crippen molar-refractivity contribution >= 4 is 43.2 Å². The van der Waals surface area contributed by atoms with Crippen LogP contribution in [0, 0.1) is 11.3 Å². The zero-order chi connectivity index (χ0) is 22.7. The second kappa shape index (κ2) is 9.12. The smallest absolute Gasteiger partial charge is 0.308 e. The molecule has 0 spiro atoms. The number of rotatable bonds is 6. The van der Waals surface area contributed by atoms with E-state index in [0.717, 1.165) is 11.3 Å². The number of amides is 1. The van der Waals surface area contributed by atoms with E-state index in [1.165, 1.54) is 41.0 Å². The van der Waals surface area contributed by atoms with Gasteiger partial charge in [-0.05, 0) is 42.5 Å². The third-order valence-electron chi connectivity index (χ3n) is 5.13. The van der Waals surface area contributed by atoms with Crippen LogP contribution in [0.5, 0.6) is 0 Å². The van der Waals surface area contributed by atoms with Gasteiger partial charge in [-0.25, -0.2) is 8.42 Å². The maximum atomic E-state index is 12.8. The molecule has 4 rings (SSSR count). The Morgan fingerprint density at radius 2 is 1.88 bits per heavy atom. The summed E-state index contributed by atoms with van der Waals surface area (Å²) in [7, 11) is -3.88. The number of fused-ring (bicyclic) bond motifs is 1. The Bertz CT molecular complexity index is 1350. The van der Waals surface area contributed by atoms with Crippen molar-refractivity contribution in [1.29, 1.82) is 5.26 Å². The molecular weight excluding hydrogens is 452 g/mol. The molecule has 32 heavy (non-hydrogen) atoms. The molecule has 1 aliphatic rings. The fourth-order valence-electron chi connectivity index (χ4n) is 3.43. The summed E-state index contributed by atoms with van der Waals surface area (Å²) in [4.78, 5) is 26.4. The monoisotopic (exact) mass is 472 g/mol. The number of hydrogen-bond donors (Lipinski definition) is 1. The number of sulfonamides is 1. The fourth-order valence-corrected chi connectivity index (χ4v) is 5.55. The Labute approximate surface area is 188 Å². The van der Waals surface area contributed by atoms with Crippen LogP contribution in [0.2, 0.25) is 0 Å². The molecule has 0 atom stereocenters. The zero-order valence-corrected chi connectivity index (χ0v) is 18.6. The first kappa shape index (κ1) is 22.0. The average Bonchev–Trinajstić information content (AvgIpc) is 3.12. The van der Waals surface area contributed by atoms with Crippen LogP contribution in [-0.4, -0.2) is 50.1 Å². The third-order valence-corrected chi connectivity index (χ3v) is 7.45. The van der Waals surface area contributed by atoms with Crippen LogP contribution < -0.4 is 9.60 Å². The van der Waals surface area contributed by atoms with Gasteiger partial charge < -0.3 is 9.64 Å². The first-order valence-electron chi connectivity index (χ1n) is 9.89. The van der Waals surface area contributed by atoms with Crippen molar-refractivity contribution < 1.29 is 17.9 Å². The van der Waals surface area contributed by atoms with Crippen molar-refractivity contribution in [3.05, 3.63) is 57.7 Å². The van der Waals surface area contributed by atoms with Crippen molar-refractivity contribution in [2.45, 2.75) is 17.9 Å². The number of anilines is 1. The summed E-state index contributed by atoms with van der Waals surface area (Å²) in [6.07, 6.45) is 0.187. The van der Waals surface area contributed by atoms with Gasteiger partial charge in [-0.3, -0.25) is 18.9 Å². The third kappa shape index (κ3) is 4.67. The van der Waals surface area contributed by atoms with Crippen molar-refractivity contribution in [2.24, 2.45) is 0 Å². The molecule has 9 nitrogen and oxygen atoms in total. The van der Waals surface area contributed by atoms with E-state index in [4.69, 9.17) is 10.00 Å². The lowest BCUT2D eigenvalue weighted by Gasteiger charge is -2.26. The lowest BCUT2D eigenvalue weighted by atomic mass is 10.2. The molecule has 166 valence electrons. The molecule has 1 fully saturated rings. The van der Waals surface area contributed by atoms with E-state index in [1.807, 2.05) is 6.07 Å². The van der Waals surface area contributed by atoms with Crippen LogP contribution in [-0.2, 0) is 26.1 Å². The second-order valence-corrected chi connectivity index (χ2v) is 9.86. The topological polar surface area (TPSA) is 122 Å². The molecule has 11 heteroatoms. The Balaban J connectivity index is 1.52. The summed E-state index contributed by atoms with van der Waals surface area (Å²) >= 11 is 0.942. The number of carbonyl (C=O) groups is 1. The molecule has 0 saturated carbocycles. The molecule has 1 aromatic heterocycles. The number of hydrogen-bond acceptors (Lipinski definition) is 7. The predicted octanol–water partition coefficient (Wildman–Crippen LogP) is 1.98. The fraction of sp³-hybridized carbons (Fsp3) is 0.286. The van der Waals surface area contributed by atoms with Gasteiger partial charge >= 0.3 is 4.87 Å². The minimum Gasteiger partial charge on any atom is -0.378 e. The van der Waals surface area contributed by atoms with Crippen LogP contribution >= 0.6 is 11.3 Å². The molecule has 2 aromatic carbocycles. The van der Waals surface area contributed by atoms with E-state index >= 15 is 0 Å². The van der Waals surface area contributed by atoms with Crippen molar-refractivity contribution in [2.75, 3.05) is 31.0 Å². The highest BCUT2D eigenvalue weighted by atomic mass is 32.2. The number of nitriles is 1. The minimum absolute atomic E-state index is 0.0205. The first-order chi connectivity index (χ1) is 15.4. The van der Waals surface area contributed by atoms with Crippen LogP contribution in [0.4, 0.5) is 5.69 Å². The molecule has 3 aromatic rings. The molecule has 2 heterocycles. The highest BCUT2D eigenvalue weighted by molar-refractivity contribution is 7.92. The molecule has 0 aliphatic carbocycles. The number of ether oxygens (including phenoxy) is 1. The maximum Gasteiger partial charge on any atom is 0.308 e. The number of aromatic nitrogens is 1.